The van der Waals surface area contributed by atoms with Crippen LogP contribution in [-0.4, -0.2) is 31.9 Å². The van der Waals surface area contributed by atoms with Gasteiger partial charge in [0.1, 0.15) is 11.1 Å². The van der Waals surface area contributed by atoms with Crippen LogP contribution >= 0.6 is 15.9 Å². The van der Waals surface area contributed by atoms with Crippen molar-refractivity contribution in [2.45, 2.75) is 12.5 Å². The van der Waals surface area contributed by atoms with Crippen molar-refractivity contribution in [2.24, 2.45) is 0 Å². The zero-order valence-corrected chi connectivity index (χ0v) is 13.7. The van der Waals surface area contributed by atoms with Crippen LogP contribution in [0.15, 0.2) is 37.9 Å². The smallest absolute Gasteiger partial charge is 0.349 e. The number of amides is 1. The molecule has 1 N–H and O–H groups in total. The summed E-state index contributed by atoms with van der Waals surface area (Å²) in [4.78, 5) is 24.1. The molecule has 1 aliphatic rings. The molecule has 1 aromatic heterocycles. The number of carbonyl (C=O) groups excluding carboxylic acids is 1. The van der Waals surface area contributed by atoms with E-state index in [0.717, 1.165) is 4.47 Å². The lowest BCUT2D eigenvalue weighted by atomic mass is 10.1. The molecule has 0 bridgehead atoms. The summed E-state index contributed by atoms with van der Waals surface area (Å²) >= 11 is 3.31. The summed E-state index contributed by atoms with van der Waals surface area (Å²) in [7, 11) is -3.10. The monoisotopic (exact) mass is 385 g/mol. The van der Waals surface area contributed by atoms with Gasteiger partial charge in [-0.1, -0.05) is 15.9 Å². The average molecular weight is 386 g/mol. The Balaban J connectivity index is 1.90. The number of sulfone groups is 1. The highest BCUT2D eigenvalue weighted by molar-refractivity contribution is 9.10. The summed E-state index contributed by atoms with van der Waals surface area (Å²) in [5.74, 6) is -0.654. The van der Waals surface area contributed by atoms with E-state index in [0.29, 0.717) is 17.4 Å². The van der Waals surface area contributed by atoms with E-state index in [9.17, 15) is 18.0 Å². The largest absolute Gasteiger partial charge is 0.422 e. The molecule has 22 heavy (non-hydrogen) atoms. The van der Waals surface area contributed by atoms with Gasteiger partial charge in [-0.3, -0.25) is 4.79 Å². The first kappa shape index (κ1) is 15.2. The number of nitrogens with one attached hydrogen (secondary N) is 1. The molecule has 8 heteroatoms. The van der Waals surface area contributed by atoms with Gasteiger partial charge in [0.25, 0.3) is 5.91 Å². The van der Waals surface area contributed by atoms with E-state index in [-0.39, 0.29) is 17.1 Å². The van der Waals surface area contributed by atoms with Gasteiger partial charge in [-0.25, -0.2) is 13.2 Å². The molecule has 0 radical (unpaired) electrons. The van der Waals surface area contributed by atoms with E-state index in [4.69, 9.17) is 4.42 Å². The standard InChI is InChI=1S/C14H12BrNO5S/c15-9-1-2-12-8(5-9)6-11(14(18)21-12)13(17)16-10-3-4-22(19,20)7-10/h1-2,5-6,10H,3-4,7H2,(H,16,17)/t10-/m1/s1. The van der Waals surface area contributed by atoms with E-state index in [1.54, 1.807) is 18.2 Å². The predicted molar refractivity (Wildman–Crippen MR) is 84.7 cm³/mol. The summed E-state index contributed by atoms with van der Waals surface area (Å²) in [6.45, 7) is 0. The summed E-state index contributed by atoms with van der Waals surface area (Å²) < 4.78 is 28.7. The van der Waals surface area contributed by atoms with Gasteiger partial charge in [-0.2, -0.15) is 0 Å². The van der Waals surface area contributed by atoms with Crippen molar-refractivity contribution < 1.29 is 17.6 Å². The van der Waals surface area contributed by atoms with E-state index in [1.807, 2.05) is 0 Å². The Morgan fingerprint density at radius 3 is 2.77 bits per heavy atom. The van der Waals surface area contributed by atoms with E-state index in [1.165, 1.54) is 6.07 Å². The van der Waals surface area contributed by atoms with Crippen LogP contribution in [0.3, 0.4) is 0 Å². The lowest BCUT2D eigenvalue weighted by molar-refractivity contribution is 0.0937. The molecule has 0 saturated carbocycles. The molecule has 1 atom stereocenters. The Labute approximate surface area is 134 Å². The molecular weight excluding hydrogens is 374 g/mol. The van der Waals surface area contributed by atoms with Crippen molar-refractivity contribution in [2.75, 3.05) is 11.5 Å². The van der Waals surface area contributed by atoms with Crippen molar-refractivity contribution in [3.63, 3.8) is 0 Å². The molecule has 1 aliphatic heterocycles. The minimum atomic E-state index is -3.10. The van der Waals surface area contributed by atoms with Gasteiger partial charge in [0.2, 0.25) is 0 Å². The van der Waals surface area contributed by atoms with Crippen LogP contribution < -0.4 is 10.9 Å². The molecule has 0 spiro atoms. The first-order chi connectivity index (χ1) is 10.3. The molecule has 6 nitrogen and oxygen atoms in total. The molecule has 2 aromatic rings. The quantitative estimate of drug-likeness (QED) is 0.790. The van der Waals surface area contributed by atoms with Gasteiger partial charge in [-0.05, 0) is 30.7 Å². The van der Waals surface area contributed by atoms with Crippen LogP contribution in [0.2, 0.25) is 0 Å². The Kier molecular flexibility index (Phi) is 3.82. The molecule has 1 saturated heterocycles. The van der Waals surface area contributed by atoms with Crippen LogP contribution in [0.1, 0.15) is 16.8 Å². The Bertz CT molecular complexity index is 918. The fraction of sp³-hybridized carbons (Fsp3) is 0.286. The fourth-order valence-electron chi connectivity index (χ4n) is 2.42. The second kappa shape index (κ2) is 5.51. The predicted octanol–water partition coefficient (Wildman–Crippen LogP) is 1.47. The number of fused-ring (bicyclic) bond motifs is 1. The number of hydrogen-bond donors (Lipinski definition) is 1. The maximum absolute atomic E-state index is 12.2. The van der Waals surface area contributed by atoms with Crippen molar-refractivity contribution >= 4 is 42.6 Å². The number of rotatable bonds is 2. The lowest BCUT2D eigenvalue weighted by Gasteiger charge is -2.10. The molecule has 1 fully saturated rings. The first-order valence-electron chi connectivity index (χ1n) is 6.59. The summed E-state index contributed by atoms with van der Waals surface area (Å²) in [5, 5.41) is 3.19. The minimum Gasteiger partial charge on any atom is -0.422 e. The highest BCUT2D eigenvalue weighted by Crippen LogP contribution is 2.19. The van der Waals surface area contributed by atoms with E-state index < -0.39 is 27.4 Å². The van der Waals surface area contributed by atoms with Gasteiger partial charge in [0.15, 0.2) is 9.84 Å². The Morgan fingerprint density at radius 2 is 2.09 bits per heavy atom. The Hall–Kier alpha value is -1.67. The number of halogens is 1. The van der Waals surface area contributed by atoms with Crippen LogP contribution in [0.5, 0.6) is 0 Å². The zero-order valence-electron chi connectivity index (χ0n) is 11.3. The summed E-state index contributed by atoms with van der Waals surface area (Å²) in [6, 6.07) is 6.08. The first-order valence-corrected chi connectivity index (χ1v) is 9.20. The lowest BCUT2D eigenvalue weighted by Crippen LogP contribution is -2.37. The molecule has 1 amide bonds. The number of benzene rings is 1. The highest BCUT2D eigenvalue weighted by atomic mass is 79.9. The fourth-order valence-corrected chi connectivity index (χ4v) is 4.48. The molecule has 3 rings (SSSR count). The minimum absolute atomic E-state index is 0.0528. The van der Waals surface area contributed by atoms with Gasteiger partial charge in [0, 0.05) is 15.9 Å². The van der Waals surface area contributed by atoms with Crippen LogP contribution in [0.4, 0.5) is 0 Å². The molecule has 0 unspecified atom stereocenters. The Morgan fingerprint density at radius 1 is 1.32 bits per heavy atom. The molecule has 116 valence electrons. The number of carbonyl (C=O) groups is 1. The third-order valence-corrected chi connectivity index (χ3v) is 5.77. The van der Waals surface area contributed by atoms with Crippen molar-refractivity contribution in [3.8, 4) is 0 Å². The van der Waals surface area contributed by atoms with Gasteiger partial charge in [-0.15, -0.1) is 0 Å². The van der Waals surface area contributed by atoms with Crippen LogP contribution in [-0.2, 0) is 9.84 Å². The second-order valence-electron chi connectivity index (χ2n) is 5.20. The van der Waals surface area contributed by atoms with E-state index >= 15 is 0 Å². The maximum Gasteiger partial charge on any atom is 0.349 e. The third kappa shape index (κ3) is 3.07. The zero-order chi connectivity index (χ0) is 15.9. The average Bonchev–Trinajstić information content (AvgIpc) is 2.77. The molecule has 0 aliphatic carbocycles. The third-order valence-electron chi connectivity index (χ3n) is 3.51. The number of hydrogen-bond acceptors (Lipinski definition) is 5. The van der Waals surface area contributed by atoms with Crippen LogP contribution in [0.25, 0.3) is 11.0 Å². The summed E-state index contributed by atoms with van der Waals surface area (Å²) in [6.07, 6.45) is 0.360. The summed E-state index contributed by atoms with van der Waals surface area (Å²) in [5.41, 5.74) is -0.490. The van der Waals surface area contributed by atoms with Gasteiger partial charge in [0.05, 0.1) is 11.5 Å². The molecule has 1 aromatic carbocycles. The molecular formula is C14H12BrNO5S. The van der Waals surface area contributed by atoms with Gasteiger partial charge < -0.3 is 9.73 Å². The molecule has 2 heterocycles. The van der Waals surface area contributed by atoms with Crippen molar-refractivity contribution in [1.29, 1.82) is 0 Å². The van der Waals surface area contributed by atoms with Crippen LogP contribution in [0, 0.1) is 0 Å². The highest BCUT2D eigenvalue weighted by Gasteiger charge is 2.29. The second-order valence-corrected chi connectivity index (χ2v) is 8.35. The topological polar surface area (TPSA) is 93.4 Å². The maximum atomic E-state index is 12.2. The van der Waals surface area contributed by atoms with Gasteiger partial charge >= 0.3 is 5.63 Å². The van der Waals surface area contributed by atoms with Crippen molar-refractivity contribution in [3.05, 3.63) is 44.7 Å². The van der Waals surface area contributed by atoms with Crippen molar-refractivity contribution in [1.82, 2.24) is 5.32 Å². The SMILES string of the molecule is O=C(N[C@@H]1CCS(=O)(=O)C1)c1cc2cc(Br)ccc2oc1=O. The van der Waals surface area contributed by atoms with E-state index in [2.05, 4.69) is 21.2 Å². The normalized spacial score (nSPS) is 20.1.